The zero-order valence-corrected chi connectivity index (χ0v) is 6.83. The van der Waals surface area contributed by atoms with E-state index in [-0.39, 0.29) is 12.3 Å². The van der Waals surface area contributed by atoms with Crippen LogP contribution in [0.25, 0.3) is 0 Å². The second-order valence-corrected chi connectivity index (χ2v) is 2.22. The predicted octanol–water partition coefficient (Wildman–Crippen LogP) is 0.0199. The van der Waals surface area contributed by atoms with E-state index in [1.165, 1.54) is 0 Å². The molecule has 12 heavy (non-hydrogen) atoms. The number of carbonyl (C=O) groups excluding carboxylic acids is 1. The summed E-state index contributed by atoms with van der Waals surface area (Å²) < 4.78 is 0. The van der Waals surface area contributed by atoms with Crippen molar-refractivity contribution in [3.63, 3.8) is 0 Å². The first-order chi connectivity index (χ1) is 5.83. The van der Waals surface area contributed by atoms with Crippen molar-refractivity contribution in [2.24, 2.45) is 0 Å². The van der Waals surface area contributed by atoms with Crippen molar-refractivity contribution in [3.8, 4) is 0 Å². The average Bonchev–Trinajstić information content (AvgIpc) is 2.53. The van der Waals surface area contributed by atoms with Gasteiger partial charge >= 0.3 is 0 Å². The lowest BCUT2D eigenvalue weighted by atomic mass is 10.3. The van der Waals surface area contributed by atoms with Crippen molar-refractivity contribution in [3.05, 3.63) is 18.0 Å². The molecule has 1 heterocycles. The summed E-state index contributed by atoms with van der Waals surface area (Å²) in [6, 6.07) is 1.74. The van der Waals surface area contributed by atoms with Crippen LogP contribution in [0.3, 0.4) is 0 Å². The van der Waals surface area contributed by atoms with Crippen molar-refractivity contribution < 1.29 is 9.63 Å². The van der Waals surface area contributed by atoms with E-state index in [1.54, 1.807) is 19.2 Å². The zero-order valence-electron chi connectivity index (χ0n) is 6.83. The normalized spacial score (nSPS) is 9.75. The molecule has 0 atom stereocenters. The number of hydrogen-bond donors (Lipinski definition) is 2. The lowest BCUT2D eigenvalue weighted by Gasteiger charge is -2.00. The molecule has 5 heteroatoms. The van der Waals surface area contributed by atoms with Crippen LogP contribution in [0.5, 0.6) is 0 Å². The van der Waals surface area contributed by atoms with Crippen molar-refractivity contribution in [1.82, 2.24) is 15.7 Å². The van der Waals surface area contributed by atoms with E-state index in [1.807, 2.05) is 0 Å². The number of aromatic nitrogens is 2. The highest BCUT2D eigenvalue weighted by Crippen LogP contribution is 1.92. The Morgan fingerprint density at radius 2 is 2.67 bits per heavy atom. The first kappa shape index (κ1) is 8.73. The van der Waals surface area contributed by atoms with Crippen molar-refractivity contribution in [1.29, 1.82) is 0 Å². The minimum absolute atomic E-state index is 0.180. The molecule has 2 N–H and O–H groups in total. The average molecular weight is 169 g/mol. The second kappa shape index (κ2) is 4.50. The molecule has 1 aromatic rings. The van der Waals surface area contributed by atoms with E-state index in [4.69, 9.17) is 4.84 Å². The van der Waals surface area contributed by atoms with Gasteiger partial charge < -0.3 is 0 Å². The quantitative estimate of drug-likeness (QED) is 0.624. The highest BCUT2D eigenvalue weighted by Gasteiger charge is 2.02. The fourth-order valence-electron chi connectivity index (χ4n) is 0.745. The van der Waals surface area contributed by atoms with Crippen LogP contribution in [0.15, 0.2) is 12.3 Å². The van der Waals surface area contributed by atoms with Gasteiger partial charge in [-0.05, 0) is 13.0 Å². The molecule has 0 aliphatic carbocycles. The Labute approximate surface area is 70.1 Å². The number of hydroxylamine groups is 1. The maximum atomic E-state index is 11.0. The SMILES string of the molecule is CCONC(=O)Cc1ccn[nH]1. The molecule has 0 saturated carbocycles. The summed E-state index contributed by atoms with van der Waals surface area (Å²) in [6.45, 7) is 2.27. The van der Waals surface area contributed by atoms with Gasteiger partial charge in [0.2, 0.25) is 5.91 Å². The monoisotopic (exact) mass is 169 g/mol. The molecule has 0 saturated heterocycles. The molecular formula is C7H11N3O2. The molecule has 66 valence electrons. The van der Waals surface area contributed by atoms with E-state index in [2.05, 4.69) is 15.7 Å². The van der Waals surface area contributed by atoms with Gasteiger partial charge in [0.05, 0.1) is 13.0 Å². The molecule has 0 aromatic carbocycles. The third-order valence-electron chi connectivity index (χ3n) is 1.24. The maximum absolute atomic E-state index is 11.0. The Hall–Kier alpha value is -1.36. The van der Waals surface area contributed by atoms with Gasteiger partial charge in [-0.25, -0.2) is 5.48 Å². The van der Waals surface area contributed by atoms with Crippen LogP contribution < -0.4 is 5.48 Å². The van der Waals surface area contributed by atoms with Gasteiger partial charge in [0, 0.05) is 11.9 Å². The Bertz CT molecular complexity index is 233. The minimum Gasteiger partial charge on any atom is -0.282 e. The van der Waals surface area contributed by atoms with Crippen LogP contribution in [0.1, 0.15) is 12.6 Å². The third kappa shape index (κ3) is 2.71. The van der Waals surface area contributed by atoms with Crippen LogP contribution in [-0.4, -0.2) is 22.7 Å². The maximum Gasteiger partial charge on any atom is 0.249 e. The Kier molecular flexibility index (Phi) is 3.28. The molecular weight excluding hydrogens is 158 g/mol. The first-order valence-corrected chi connectivity index (χ1v) is 3.71. The molecule has 0 aliphatic rings. The van der Waals surface area contributed by atoms with Crippen LogP contribution in [0.2, 0.25) is 0 Å². The molecule has 1 rings (SSSR count). The van der Waals surface area contributed by atoms with Gasteiger partial charge in [0.25, 0.3) is 0 Å². The van der Waals surface area contributed by atoms with Gasteiger partial charge in [0.15, 0.2) is 0 Å². The Morgan fingerprint density at radius 3 is 3.25 bits per heavy atom. The number of amides is 1. The number of rotatable bonds is 4. The van der Waals surface area contributed by atoms with Crippen molar-refractivity contribution in [2.75, 3.05) is 6.61 Å². The van der Waals surface area contributed by atoms with Gasteiger partial charge in [-0.3, -0.25) is 14.7 Å². The predicted molar refractivity (Wildman–Crippen MR) is 42.1 cm³/mol. The number of H-pyrrole nitrogens is 1. The lowest BCUT2D eigenvalue weighted by Crippen LogP contribution is -2.25. The van der Waals surface area contributed by atoms with Gasteiger partial charge in [0.1, 0.15) is 0 Å². The third-order valence-corrected chi connectivity index (χ3v) is 1.24. The molecule has 5 nitrogen and oxygen atoms in total. The lowest BCUT2D eigenvalue weighted by molar-refractivity contribution is -0.132. The van der Waals surface area contributed by atoms with E-state index < -0.39 is 0 Å². The highest BCUT2D eigenvalue weighted by molar-refractivity contribution is 5.76. The molecule has 0 fully saturated rings. The summed E-state index contributed by atoms with van der Waals surface area (Å²) in [7, 11) is 0. The molecule has 0 aliphatic heterocycles. The topological polar surface area (TPSA) is 67.0 Å². The van der Waals surface area contributed by atoms with Crippen molar-refractivity contribution >= 4 is 5.91 Å². The van der Waals surface area contributed by atoms with Gasteiger partial charge in [-0.2, -0.15) is 5.10 Å². The largest absolute Gasteiger partial charge is 0.282 e. The number of nitrogens with zero attached hydrogens (tertiary/aromatic N) is 1. The summed E-state index contributed by atoms with van der Waals surface area (Å²) in [5, 5.41) is 6.39. The molecule has 0 bridgehead atoms. The van der Waals surface area contributed by atoms with Crippen LogP contribution in [0.4, 0.5) is 0 Å². The second-order valence-electron chi connectivity index (χ2n) is 2.22. The van der Waals surface area contributed by atoms with Crippen LogP contribution >= 0.6 is 0 Å². The number of carbonyl (C=O) groups is 1. The summed E-state index contributed by atoms with van der Waals surface area (Å²) in [6.07, 6.45) is 1.86. The molecule has 1 aromatic heterocycles. The van der Waals surface area contributed by atoms with E-state index >= 15 is 0 Å². The van der Waals surface area contributed by atoms with Crippen molar-refractivity contribution in [2.45, 2.75) is 13.3 Å². The highest BCUT2D eigenvalue weighted by atomic mass is 16.6. The Balaban J connectivity index is 2.27. The fourth-order valence-corrected chi connectivity index (χ4v) is 0.745. The number of nitrogens with one attached hydrogen (secondary N) is 2. The number of aromatic amines is 1. The summed E-state index contributed by atoms with van der Waals surface area (Å²) in [5.74, 6) is -0.180. The summed E-state index contributed by atoms with van der Waals surface area (Å²) in [5.41, 5.74) is 3.05. The van der Waals surface area contributed by atoms with Gasteiger partial charge in [-0.15, -0.1) is 0 Å². The standard InChI is InChI=1S/C7H11N3O2/c1-2-12-10-7(11)5-6-3-4-8-9-6/h3-4H,2,5H2,1H3,(H,8,9)(H,10,11). The Morgan fingerprint density at radius 1 is 1.83 bits per heavy atom. The molecule has 0 spiro atoms. The van der Waals surface area contributed by atoms with E-state index in [9.17, 15) is 4.79 Å². The number of hydrogen-bond acceptors (Lipinski definition) is 3. The summed E-state index contributed by atoms with van der Waals surface area (Å²) in [4.78, 5) is 15.7. The van der Waals surface area contributed by atoms with Crippen LogP contribution in [0, 0.1) is 0 Å². The first-order valence-electron chi connectivity index (χ1n) is 3.71. The summed E-state index contributed by atoms with van der Waals surface area (Å²) >= 11 is 0. The van der Waals surface area contributed by atoms with E-state index in [0.717, 1.165) is 5.69 Å². The molecule has 1 amide bonds. The molecule has 0 radical (unpaired) electrons. The van der Waals surface area contributed by atoms with E-state index in [0.29, 0.717) is 6.61 Å². The smallest absolute Gasteiger partial charge is 0.249 e. The molecule has 0 unspecified atom stereocenters. The zero-order chi connectivity index (χ0) is 8.81. The van der Waals surface area contributed by atoms with Crippen LogP contribution in [-0.2, 0) is 16.1 Å². The minimum atomic E-state index is -0.180. The fraction of sp³-hybridized carbons (Fsp3) is 0.429. The van der Waals surface area contributed by atoms with Gasteiger partial charge in [-0.1, -0.05) is 0 Å².